The fourth-order valence-corrected chi connectivity index (χ4v) is 4.04. The lowest BCUT2D eigenvalue weighted by Crippen LogP contribution is -2.50. The molecular formula is C18H31N3O2. The quantitative estimate of drug-likeness (QED) is 0.702. The van der Waals surface area contributed by atoms with E-state index in [0.29, 0.717) is 31.7 Å². The molecule has 0 bridgehead atoms. The van der Waals surface area contributed by atoms with E-state index in [-0.39, 0.29) is 11.8 Å². The van der Waals surface area contributed by atoms with Gasteiger partial charge in [0.2, 0.25) is 11.8 Å². The van der Waals surface area contributed by atoms with Gasteiger partial charge in [-0.3, -0.25) is 14.5 Å². The number of carbonyl (C=O) groups is 2. The van der Waals surface area contributed by atoms with Gasteiger partial charge in [-0.1, -0.05) is 12.2 Å². The predicted molar refractivity (Wildman–Crippen MR) is 92.1 cm³/mol. The topological polar surface area (TPSA) is 43.9 Å². The molecule has 0 aromatic rings. The first-order valence-corrected chi connectivity index (χ1v) is 8.87. The molecule has 2 aliphatic rings. The minimum absolute atomic E-state index is 0.170. The lowest BCUT2D eigenvalue weighted by Gasteiger charge is -2.35. The van der Waals surface area contributed by atoms with Crippen LogP contribution in [0.25, 0.3) is 0 Å². The summed E-state index contributed by atoms with van der Waals surface area (Å²) in [7, 11) is 0. The van der Waals surface area contributed by atoms with Crippen molar-refractivity contribution in [2.75, 3.05) is 32.7 Å². The molecule has 0 spiro atoms. The predicted octanol–water partition coefficient (Wildman–Crippen LogP) is 1.89. The molecule has 0 N–H and O–H groups in total. The van der Waals surface area contributed by atoms with E-state index in [1.165, 1.54) is 0 Å². The molecule has 2 heterocycles. The Hall–Kier alpha value is -1.36. The van der Waals surface area contributed by atoms with Crippen molar-refractivity contribution in [2.24, 2.45) is 0 Å². The second kappa shape index (κ2) is 7.95. The molecule has 2 atom stereocenters. The van der Waals surface area contributed by atoms with Crippen LogP contribution in [0.1, 0.15) is 46.5 Å². The average molecular weight is 321 g/mol. The third-order valence-corrected chi connectivity index (χ3v) is 5.10. The maximum absolute atomic E-state index is 12.6. The number of nitrogens with zero attached hydrogens (tertiary/aromatic N) is 3. The van der Waals surface area contributed by atoms with Crippen LogP contribution in [0.4, 0.5) is 0 Å². The minimum atomic E-state index is 0.170. The molecular weight excluding hydrogens is 290 g/mol. The Kier molecular flexibility index (Phi) is 6.22. The first kappa shape index (κ1) is 18.0. The molecule has 0 saturated carbocycles. The van der Waals surface area contributed by atoms with Crippen LogP contribution in [-0.2, 0) is 9.59 Å². The van der Waals surface area contributed by atoms with Crippen LogP contribution in [0.15, 0.2) is 12.2 Å². The number of rotatable bonds is 6. The molecule has 0 aliphatic carbocycles. The maximum atomic E-state index is 12.6. The summed E-state index contributed by atoms with van der Waals surface area (Å²) in [5, 5.41) is 0. The van der Waals surface area contributed by atoms with Crippen molar-refractivity contribution in [3.8, 4) is 0 Å². The fraction of sp³-hybridized carbons (Fsp3) is 0.778. The van der Waals surface area contributed by atoms with Gasteiger partial charge in [-0.2, -0.15) is 0 Å². The van der Waals surface area contributed by atoms with Crippen molar-refractivity contribution in [2.45, 2.75) is 58.5 Å². The number of hydrogen-bond donors (Lipinski definition) is 0. The van der Waals surface area contributed by atoms with Crippen molar-refractivity contribution in [3.63, 3.8) is 0 Å². The zero-order chi connectivity index (χ0) is 17.0. The summed E-state index contributed by atoms with van der Waals surface area (Å²) in [4.78, 5) is 30.6. The van der Waals surface area contributed by atoms with Crippen LogP contribution in [-0.4, -0.2) is 71.3 Å². The van der Waals surface area contributed by atoms with Crippen LogP contribution in [0.3, 0.4) is 0 Å². The Morgan fingerprint density at radius 1 is 1.13 bits per heavy atom. The van der Waals surface area contributed by atoms with Crippen LogP contribution >= 0.6 is 0 Å². The third kappa shape index (κ3) is 4.34. The van der Waals surface area contributed by atoms with Crippen molar-refractivity contribution < 1.29 is 9.59 Å². The highest BCUT2D eigenvalue weighted by Gasteiger charge is 2.39. The SMILES string of the molecule is C=C(C)CN(CC)C(=O)CN1CCC[C@H]1[C@H]1CCCN1C(C)=O. The molecule has 2 amide bonds. The lowest BCUT2D eigenvalue weighted by atomic mass is 10.0. The van der Waals surface area contributed by atoms with E-state index in [1.807, 2.05) is 23.6 Å². The third-order valence-electron chi connectivity index (χ3n) is 5.10. The Bertz CT molecular complexity index is 463. The smallest absolute Gasteiger partial charge is 0.237 e. The highest BCUT2D eigenvalue weighted by molar-refractivity contribution is 5.78. The molecule has 130 valence electrons. The molecule has 0 radical (unpaired) electrons. The van der Waals surface area contributed by atoms with Gasteiger partial charge in [0.15, 0.2) is 0 Å². The molecule has 0 unspecified atom stereocenters. The molecule has 5 nitrogen and oxygen atoms in total. The van der Waals surface area contributed by atoms with E-state index in [2.05, 4.69) is 11.5 Å². The van der Waals surface area contributed by atoms with Gasteiger partial charge in [0, 0.05) is 38.6 Å². The second-order valence-corrected chi connectivity index (χ2v) is 6.97. The minimum Gasteiger partial charge on any atom is -0.338 e. The summed E-state index contributed by atoms with van der Waals surface area (Å²) >= 11 is 0. The number of likely N-dealkylation sites (N-methyl/N-ethyl adjacent to an activating group) is 1. The zero-order valence-corrected chi connectivity index (χ0v) is 14.9. The second-order valence-electron chi connectivity index (χ2n) is 6.97. The Morgan fingerprint density at radius 2 is 1.78 bits per heavy atom. The molecule has 2 fully saturated rings. The van der Waals surface area contributed by atoms with E-state index in [9.17, 15) is 9.59 Å². The monoisotopic (exact) mass is 321 g/mol. The summed E-state index contributed by atoms with van der Waals surface area (Å²) in [6, 6.07) is 0.632. The highest BCUT2D eigenvalue weighted by atomic mass is 16.2. The van der Waals surface area contributed by atoms with Gasteiger partial charge in [0.05, 0.1) is 6.54 Å². The summed E-state index contributed by atoms with van der Waals surface area (Å²) in [6.07, 6.45) is 4.36. The Morgan fingerprint density at radius 3 is 2.39 bits per heavy atom. The van der Waals surface area contributed by atoms with Crippen molar-refractivity contribution in [1.82, 2.24) is 14.7 Å². The van der Waals surface area contributed by atoms with Crippen molar-refractivity contribution in [1.29, 1.82) is 0 Å². The average Bonchev–Trinajstić information content (AvgIpc) is 3.12. The van der Waals surface area contributed by atoms with Gasteiger partial charge in [-0.15, -0.1) is 0 Å². The first-order valence-electron chi connectivity index (χ1n) is 8.87. The van der Waals surface area contributed by atoms with Crippen molar-refractivity contribution >= 4 is 11.8 Å². The first-order chi connectivity index (χ1) is 10.9. The highest BCUT2D eigenvalue weighted by Crippen LogP contribution is 2.30. The summed E-state index contributed by atoms with van der Waals surface area (Å²) in [6.45, 7) is 13.2. The molecule has 2 aliphatic heterocycles. The van der Waals surface area contributed by atoms with Crippen molar-refractivity contribution in [3.05, 3.63) is 12.2 Å². The Balaban J connectivity index is 2.00. The number of amides is 2. The number of likely N-dealkylation sites (tertiary alicyclic amines) is 2. The normalized spacial score (nSPS) is 24.9. The Labute approximate surface area is 140 Å². The summed E-state index contributed by atoms with van der Waals surface area (Å²) in [5.41, 5.74) is 1.01. The van der Waals surface area contributed by atoms with Crippen LogP contribution in [0, 0.1) is 0 Å². The molecule has 5 heteroatoms. The van der Waals surface area contributed by atoms with Gasteiger partial charge in [-0.25, -0.2) is 0 Å². The van der Waals surface area contributed by atoms with E-state index in [4.69, 9.17) is 0 Å². The van der Waals surface area contributed by atoms with E-state index in [0.717, 1.165) is 44.3 Å². The van der Waals surface area contributed by atoms with Gasteiger partial charge in [0.1, 0.15) is 0 Å². The maximum Gasteiger partial charge on any atom is 0.237 e. The van der Waals surface area contributed by atoms with E-state index >= 15 is 0 Å². The molecule has 0 aromatic carbocycles. The summed E-state index contributed by atoms with van der Waals surface area (Å²) < 4.78 is 0. The van der Waals surface area contributed by atoms with Crippen LogP contribution < -0.4 is 0 Å². The van der Waals surface area contributed by atoms with E-state index < -0.39 is 0 Å². The van der Waals surface area contributed by atoms with E-state index in [1.54, 1.807) is 6.92 Å². The fourth-order valence-electron chi connectivity index (χ4n) is 4.04. The standard InChI is InChI=1S/C18H31N3O2/c1-5-19(12-14(2)3)18(23)13-20-10-6-8-16(20)17-9-7-11-21(17)15(4)22/h16-17H,2,5-13H2,1,3-4H3/t16-,17+/m0/s1. The lowest BCUT2D eigenvalue weighted by molar-refractivity contribution is -0.133. The molecule has 23 heavy (non-hydrogen) atoms. The molecule has 0 aromatic heterocycles. The van der Waals surface area contributed by atoms with Crippen LogP contribution in [0.5, 0.6) is 0 Å². The number of hydrogen-bond acceptors (Lipinski definition) is 3. The summed E-state index contributed by atoms with van der Waals surface area (Å²) in [5.74, 6) is 0.345. The largest absolute Gasteiger partial charge is 0.338 e. The van der Waals surface area contributed by atoms with Gasteiger partial charge in [0.25, 0.3) is 0 Å². The molecule has 2 rings (SSSR count). The van der Waals surface area contributed by atoms with Crippen LogP contribution in [0.2, 0.25) is 0 Å². The van der Waals surface area contributed by atoms with Gasteiger partial charge >= 0.3 is 0 Å². The molecule has 2 saturated heterocycles. The van der Waals surface area contributed by atoms with Gasteiger partial charge in [-0.05, 0) is 46.1 Å². The zero-order valence-electron chi connectivity index (χ0n) is 14.9. The number of carbonyl (C=O) groups excluding carboxylic acids is 2. The van der Waals surface area contributed by atoms with Gasteiger partial charge < -0.3 is 9.80 Å².